The third-order valence-electron chi connectivity index (χ3n) is 6.13. The third kappa shape index (κ3) is 9.87. The zero-order valence-corrected chi connectivity index (χ0v) is 24.5. The van der Waals surface area contributed by atoms with E-state index in [4.69, 9.17) is 37.4 Å². The lowest BCUT2D eigenvalue weighted by Crippen LogP contribution is -2.35. The predicted octanol–water partition coefficient (Wildman–Crippen LogP) is 2.83. The topological polar surface area (TPSA) is 118 Å². The van der Waals surface area contributed by atoms with Crippen LogP contribution in [0.3, 0.4) is 0 Å². The molecule has 0 radical (unpaired) electrons. The fourth-order valence-corrected chi connectivity index (χ4v) is 5.79. The number of amides is 2. The van der Waals surface area contributed by atoms with E-state index < -0.39 is 10.0 Å². The summed E-state index contributed by atoms with van der Waals surface area (Å²) in [5, 5.41) is 6.29. The molecule has 0 bridgehead atoms. The number of fused-ring (bicyclic) bond motifs is 1. The van der Waals surface area contributed by atoms with E-state index in [1.807, 2.05) is 25.2 Å². The molecule has 2 aromatic carbocycles. The molecule has 2 amide bonds. The van der Waals surface area contributed by atoms with E-state index in [0.717, 1.165) is 29.8 Å². The minimum Gasteiger partial charge on any atom is -0.378 e. The van der Waals surface area contributed by atoms with Gasteiger partial charge < -0.3 is 29.7 Å². The first-order valence-electron chi connectivity index (χ1n) is 12.7. The molecule has 1 atom stereocenters. The van der Waals surface area contributed by atoms with Gasteiger partial charge in [-0.1, -0.05) is 35.3 Å². The molecular formula is C26H36Cl2N4O6S. The Morgan fingerprint density at radius 1 is 0.974 bits per heavy atom. The van der Waals surface area contributed by atoms with Gasteiger partial charge in [-0.05, 0) is 48.0 Å². The van der Waals surface area contributed by atoms with Crippen LogP contribution in [0.5, 0.6) is 0 Å². The number of carbonyl (C=O) groups excluding carboxylic acids is 1. The van der Waals surface area contributed by atoms with Crippen molar-refractivity contribution in [3.8, 4) is 0 Å². The number of hydrogen-bond acceptors (Lipinski definition) is 7. The molecule has 1 heterocycles. The summed E-state index contributed by atoms with van der Waals surface area (Å²) >= 11 is 12.7. The molecule has 3 N–H and O–H groups in total. The fraction of sp³-hybridized carbons (Fsp3) is 0.500. The molecule has 10 nitrogen and oxygen atoms in total. The first-order valence-corrected chi connectivity index (χ1v) is 14.9. The molecule has 1 aliphatic heterocycles. The number of benzene rings is 2. The molecule has 0 saturated heterocycles. The Balaban J connectivity index is 1.36. The monoisotopic (exact) mass is 602 g/mol. The molecule has 13 heteroatoms. The Bertz CT molecular complexity index is 1180. The van der Waals surface area contributed by atoms with Crippen LogP contribution in [0.15, 0.2) is 41.3 Å². The van der Waals surface area contributed by atoms with Gasteiger partial charge in [0.05, 0.1) is 44.5 Å². The standard InChI is InChI=1S/C26H36Cl2N4O6S/c1-29-26(33)30-7-9-36-11-13-38-14-12-37-10-8-31-39(34,35)21-5-3-19(4-6-21)23-17-32(2)18-24-22(23)15-20(27)16-25(24)28/h3-6,15-16,23,31H,7-14,17-18H2,1-2H3,(H2,29,30,33)/t23-/m0/s1. The second-order valence-electron chi connectivity index (χ2n) is 9.01. The van der Waals surface area contributed by atoms with Crippen molar-refractivity contribution < 1.29 is 27.4 Å². The highest BCUT2D eigenvalue weighted by molar-refractivity contribution is 7.89. The van der Waals surface area contributed by atoms with Gasteiger partial charge in [-0.25, -0.2) is 17.9 Å². The SMILES string of the molecule is CNC(=O)NCCOCCOCCOCCNS(=O)(=O)c1ccc([C@@H]2CN(C)Cc3c(Cl)cc(Cl)cc32)cc1. The van der Waals surface area contributed by atoms with Crippen molar-refractivity contribution in [3.05, 3.63) is 63.1 Å². The van der Waals surface area contributed by atoms with Crippen LogP contribution in [-0.4, -0.2) is 92.7 Å². The zero-order chi connectivity index (χ0) is 28.3. The summed E-state index contributed by atoms with van der Waals surface area (Å²) in [6.45, 7) is 4.18. The maximum Gasteiger partial charge on any atom is 0.314 e. The summed E-state index contributed by atoms with van der Waals surface area (Å²) in [5.74, 6) is 0.0351. The van der Waals surface area contributed by atoms with Crippen LogP contribution >= 0.6 is 23.2 Å². The van der Waals surface area contributed by atoms with Crippen LogP contribution in [0.2, 0.25) is 10.0 Å². The number of rotatable bonds is 15. The molecule has 0 unspecified atom stereocenters. The maximum atomic E-state index is 12.7. The summed E-state index contributed by atoms with van der Waals surface area (Å²) in [5.41, 5.74) is 3.11. The predicted molar refractivity (Wildman–Crippen MR) is 151 cm³/mol. The first-order chi connectivity index (χ1) is 18.7. The van der Waals surface area contributed by atoms with E-state index in [1.54, 1.807) is 25.2 Å². The summed E-state index contributed by atoms with van der Waals surface area (Å²) in [6, 6.07) is 10.4. The first kappa shape index (κ1) is 31.6. The number of hydrogen-bond donors (Lipinski definition) is 3. The van der Waals surface area contributed by atoms with E-state index in [9.17, 15) is 13.2 Å². The minimum atomic E-state index is -3.67. The van der Waals surface area contributed by atoms with Crippen LogP contribution < -0.4 is 15.4 Å². The van der Waals surface area contributed by atoms with E-state index in [-0.39, 0.29) is 30.0 Å². The Kier molecular flexibility index (Phi) is 12.7. The highest BCUT2D eigenvalue weighted by atomic mass is 35.5. The summed E-state index contributed by atoms with van der Waals surface area (Å²) in [7, 11) is -0.0953. The van der Waals surface area contributed by atoms with Gasteiger partial charge in [0, 0.05) is 49.2 Å². The number of urea groups is 1. The van der Waals surface area contributed by atoms with Crippen LogP contribution in [0, 0.1) is 0 Å². The van der Waals surface area contributed by atoms with Gasteiger partial charge in [-0.2, -0.15) is 0 Å². The van der Waals surface area contributed by atoms with E-state index in [1.165, 1.54) is 0 Å². The Morgan fingerprint density at radius 3 is 2.23 bits per heavy atom. The smallest absolute Gasteiger partial charge is 0.314 e. The summed E-state index contributed by atoms with van der Waals surface area (Å²) in [4.78, 5) is 13.4. The number of sulfonamides is 1. The highest BCUT2D eigenvalue weighted by Gasteiger charge is 2.27. The second kappa shape index (κ2) is 15.7. The lowest BCUT2D eigenvalue weighted by molar-refractivity contribution is 0.0165. The summed E-state index contributed by atoms with van der Waals surface area (Å²) in [6.07, 6.45) is 0. The van der Waals surface area contributed by atoms with Crippen LogP contribution in [0.4, 0.5) is 4.79 Å². The molecule has 3 rings (SSSR count). The van der Waals surface area contributed by atoms with E-state index >= 15 is 0 Å². The largest absolute Gasteiger partial charge is 0.378 e. The van der Waals surface area contributed by atoms with E-state index in [0.29, 0.717) is 49.6 Å². The molecular weight excluding hydrogens is 567 g/mol. The molecule has 216 valence electrons. The number of nitrogens with one attached hydrogen (secondary N) is 3. The van der Waals surface area contributed by atoms with Crippen molar-refractivity contribution in [3.63, 3.8) is 0 Å². The van der Waals surface area contributed by atoms with Crippen LogP contribution in [0.1, 0.15) is 22.6 Å². The molecule has 0 fully saturated rings. The number of halogens is 2. The lowest BCUT2D eigenvalue weighted by Gasteiger charge is -2.33. The molecule has 2 aromatic rings. The Hall–Kier alpha value is -1.96. The van der Waals surface area contributed by atoms with Gasteiger partial charge in [0.2, 0.25) is 10.0 Å². The Morgan fingerprint density at radius 2 is 1.59 bits per heavy atom. The lowest BCUT2D eigenvalue weighted by atomic mass is 9.85. The molecule has 0 aromatic heterocycles. The van der Waals surface area contributed by atoms with Gasteiger partial charge in [0.15, 0.2) is 0 Å². The summed E-state index contributed by atoms with van der Waals surface area (Å²) < 4.78 is 44.2. The van der Waals surface area contributed by atoms with Crippen molar-refractivity contribution in [2.45, 2.75) is 17.4 Å². The highest BCUT2D eigenvalue weighted by Crippen LogP contribution is 2.38. The molecule has 39 heavy (non-hydrogen) atoms. The molecule has 0 aliphatic carbocycles. The van der Waals surface area contributed by atoms with Gasteiger partial charge >= 0.3 is 6.03 Å². The van der Waals surface area contributed by atoms with Crippen molar-refractivity contribution in [2.24, 2.45) is 0 Å². The van der Waals surface area contributed by atoms with Crippen molar-refractivity contribution in [2.75, 3.05) is 73.4 Å². The normalized spacial score (nSPS) is 15.6. The number of likely N-dealkylation sites (N-methyl/N-ethyl adjacent to an activating group) is 1. The number of ether oxygens (including phenoxy) is 3. The van der Waals surface area contributed by atoms with Crippen LogP contribution in [-0.2, 0) is 30.8 Å². The van der Waals surface area contributed by atoms with Crippen molar-refractivity contribution in [1.29, 1.82) is 0 Å². The molecule has 0 saturated carbocycles. The van der Waals surface area contributed by atoms with Gasteiger partial charge in [0.1, 0.15) is 0 Å². The zero-order valence-electron chi connectivity index (χ0n) is 22.2. The minimum absolute atomic E-state index is 0.0351. The molecule has 1 aliphatic rings. The quantitative estimate of drug-likeness (QED) is 0.268. The average molecular weight is 604 g/mol. The van der Waals surface area contributed by atoms with Gasteiger partial charge in [-0.3, -0.25) is 0 Å². The van der Waals surface area contributed by atoms with Crippen molar-refractivity contribution in [1.82, 2.24) is 20.3 Å². The van der Waals surface area contributed by atoms with E-state index in [2.05, 4.69) is 20.3 Å². The van der Waals surface area contributed by atoms with Gasteiger partial charge in [0.25, 0.3) is 0 Å². The average Bonchev–Trinajstić information content (AvgIpc) is 2.91. The van der Waals surface area contributed by atoms with Crippen LogP contribution in [0.25, 0.3) is 0 Å². The number of carbonyl (C=O) groups is 1. The maximum absolute atomic E-state index is 12.7. The fourth-order valence-electron chi connectivity index (χ4n) is 4.21. The van der Waals surface area contributed by atoms with Gasteiger partial charge in [-0.15, -0.1) is 0 Å². The number of nitrogens with zero attached hydrogens (tertiary/aromatic N) is 1. The Labute approximate surface area is 240 Å². The van der Waals surface area contributed by atoms with Crippen molar-refractivity contribution >= 4 is 39.3 Å². The second-order valence-corrected chi connectivity index (χ2v) is 11.6. The molecule has 0 spiro atoms. The third-order valence-corrected chi connectivity index (χ3v) is 8.16.